The van der Waals surface area contributed by atoms with E-state index in [1.807, 2.05) is 72.7 Å². The minimum absolute atomic E-state index is 0.178. The first kappa shape index (κ1) is 32.9. The summed E-state index contributed by atoms with van der Waals surface area (Å²) in [5.74, 6) is -0.181. The second-order valence-electron chi connectivity index (χ2n) is 12.4. The molecule has 0 aliphatic carbocycles. The summed E-state index contributed by atoms with van der Waals surface area (Å²) in [5.41, 5.74) is 6.71. The quantitative estimate of drug-likeness (QED) is 0.214. The fourth-order valence-corrected chi connectivity index (χ4v) is 8.60. The van der Waals surface area contributed by atoms with E-state index < -0.39 is 15.8 Å². The van der Waals surface area contributed by atoms with Gasteiger partial charge >= 0.3 is 5.97 Å². The number of carbonyl (C=O) groups is 1. The number of rotatable bonds is 1. The van der Waals surface area contributed by atoms with Crippen LogP contribution in [0.25, 0.3) is 32.8 Å². The van der Waals surface area contributed by atoms with Crippen molar-refractivity contribution in [3.63, 3.8) is 0 Å². The van der Waals surface area contributed by atoms with Gasteiger partial charge in [-0.3, -0.25) is 9.36 Å². The maximum atomic E-state index is 13.8. The molecule has 8 bridgehead atoms. The van der Waals surface area contributed by atoms with E-state index >= 15 is 0 Å². The molecule has 49 heavy (non-hydrogen) atoms. The molecule has 0 spiro atoms. The van der Waals surface area contributed by atoms with Gasteiger partial charge in [-0.15, -0.1) is 0 Å². The average Bonchev–Trinajstić information content (AvgIpc) is 3.67. The molecule has 7 rings (SSSR count). The van der Waals surface area contributed by atoms with Crippen molar-refractivity contribution in [3.05, 3.63) is 93.7 Å². The number of benzene rings is 3. The third-order valence-electron chi connectivity index (χ3n) is 9.39. The van der Waals surface area contributed by atoms with Gasteiger partial charge in [-0.1, -0.05) is 41.9 Å². The number of halogens is 1. The first-order valence-corrected chi connectivity index (χ1v) is 18.0. The minimum Gasteiger partial charge on any atom is -0.493 e. The number of hydrogen-bond donors (Lipinski definition) is 1. The number of esters is 1. The summed E-state index contributed by atoms with van der Waals surface area (Å²) in [6, 6.07) is 16.5. The Hall–Kier alpha value is -4.65. The number of fused-ring (bicyclic) bond motifs is 8. The van der Waals surface area contributed by atoms with E-state index in [-0.39, 0.29) is 17.3 Å². The maximum absolute atomic E-state index is 13.8. The van der Waals surface area contributed by atoms with Crippen molar-refractivity contribution in [1.29, 1.82) is 0 Å². The van der Waals surface area contributed by atoms with E-state index in [9.17, 15) is 13.2 Å². The van der Waals surface area contributed by atoms with Gasteiger partial charge in [0.25, 0.3) is 0 Å². The Morgan fingerprint density at radius 2 is 1.78 bits per heavy atom. The summed E-state index contributed by atoms with van der Waals surface area (Å²) in [5, 5.41) is 15.9. The van der Waals surface area contributed by atoms with E-state index in [4.69, 9.17) is 26.2 Å². The standard InChI is InChI=1S/C36H37ClN6O5S/c1-21-32-30(40-42(21)3)19-38-18-23-16-24(43(4)39-23)20-49(45,46)25-15-22-9-6-7-10-26(22)31(17-25)48-14-8-11-27-28-12-13-29(37)33(32)34(28)41(2)35(27)36(44)47-5/h6-7,9-10,12-13,15-17,38H,8,11,14,18-20H2,1-5H3. The van der Waals surface area contributed by atoms with Crippen LogP contribution in [0.15, 0.2) is 59.5 Å². The summed E-state index contributed by atoms with van der Waals surface area (Å²) < 4.78 is 44.6. The smallest absolute Gasteiger partial charge is 0.354 e. The van der Waals surface area contributed by atoms with Crippen LogP contribution in [-0.2, 0) is 61.0 Å². The molecule has 1 aliphatic rings. The van der Waals surface area contributed by atoms with Gasteiger partial charge in [-0.05, 0) is 55.0 Å². The van der Waals surface area contributed by atoms with Crippen molar-refractivity contribution in [2.45, 2.75) is 43.5 Å². The Bertz CT molecular complexity index is 2390. The van der Waals surface area contributed by atoms with Crippen LogP contribution < -0.4 is 10.1 Å². The van der Waals surface area contributed by atoms with Gasteiger partial charge in [0.05, 0.1) is 52.0 Å². The molecule has 1 aliphatic heterocycles. The molecule has 3 aromatic carbocycles. The molecule has 13 heteroatoms. The Kier molecular flexibility index (Phi) is 8.50. The van der Waals surface area contributed by atoms with Crippen molar-refractivity contribution in [3.8, 4) is 16.9 Å². The van der Waals surface area contributed by atoms with Gasteiger partial charge in [0.1, 0.15) is 11.4 Å². The first-order valence-electron chi connectivity index (χ1n) is 16.0. The number of ether oxygens (including phenoxy) is 2. The number of aromatic nitrogens is 5. The van der Waals surface area contributed by atoms with Crippen LogP contribution in [0.5, 0.6) is 5.75 Å². The monoisotopic (exact) mass is 700 g/mol. The van der Waals surface area contributed by atoms with Gasteiger partial charge in [0.2, 0.25) is 0 Å². The van der Waals surface area contributed by atoms with Crippen LogP contribution in [-0.4, -0.2) is 52.2 Å². The first-order chi connectivity index (χ1) is 23.5. The fourth-order valence-electron chi connectivity index (χ4n) is 6.93. The summed E-state index contributed by atoms with van der Waals surface area (Å²) in [6.07, 6.45) is 1.05. The van der Waals surface area contributed by atoms with E-state index in [1.54, 1.807) is 23.9 Å². The second kappa shape index (κ2) is 12.7. The molecule has 0 atom stereocenters. The van der Waals surface area contributed by atoms with Gasteiger partial charge < -0.3 is 19.4 Å². The fraction of sp³-hybridized carbons (Fsp3) is 0.306. The molecular formula is C36H37ClN6O5S. The molecule has 6 aromatic rings. The molecule has 0 saturated carbocycles. The highest BCUT2D eigenvalue weighted by molar-refractivity contribution is 7.90. The molecule has 1 N–H and O–H groups in total. The molecule has 4 heterocycles. The highest BCUT2D eigenvalue weighted by Gasteiger charge is 2.28. The topological polar surface area (TPSA) is 122 Å². The molecule has 0 amide bonds. The second-order valence-corrected chi connectivity index (χ2v) is 14.8. The molecule has 0 saturated heterocycles. The molecule has 0 radical (unpaired) electrons. The Morgan fingerprint density at radius 1 is 0.980 bits per heavy atom. The lowest BCUT2D eigenvalue weighted by Crippen LogP contribution is -2.14. The maximum Gasteiger partial charge on any atom is 0.354 e. The zero-order valence-corrected chi connectivity index (χ0v) is 29.6. The van der Waals surface area contributed by atoms with Crippen LogP contribution >= 0.6 is 11.6 Å². The van der Waals surface area contributed by atoms with Crippen molar-refractivity contribution in [1.82, 2.24) is 29.4 Å². The molecule has 254 valence electrons. The lowest BCUT2D eigenvalue weighted by molar-refractivity contribution is 0.0589. The SMILES string of the molecule is COC(=O)c1c2c3ccc(Cl)c(c3n1C)-c1c(nn(C)c1C)CNCc1cc(n(C)n1)CS(=O)(=O)c1cc(c3ccccc3c1)OCCC2. The van der Waals surface area contributed by atoms with Crippen LogP contribution in [0, 0.1) is 6.92 Å². The Morgan fingerprint density at radius 3 is 2.57 bits per heavy atom. The number of hydrogen-bond acceptors (Lipinski definition) is 8. The van der Waals surface area contributed by atoms with Crippen LogP contribution in [0.1, 0.15) is 45.2 Å². The molecule has 0 fully saturated rings. The van der Waals surface area contributed by atoms with E-state index in [2.05, 4.69) is 10.4 Å². The van der Waals surface area contributed by atoms with Crippen molar-refractivity contribution in [2.75, 3.05) is 13.7 Å². The highest BCUT2D eigenvalue weighted by Crippen LogP contribution is 2.42. The molecule has 3 aromatic heterocycles. The van der Waals surface area contributed by atoms with Crippen LogP contribution in [0.4, 0.5) is 0 Å². The summed E-state index contributed by atoms with van der Waals surface area (Å²) >= 11 is 7.01. The number of aryl methyl sites for hydroxylation is 4. The lowest BCUT2D eigenvalue weighted by Gasteiger charge is -2.13. The number of sulfone groups is 1. The zero-order chi connectivity index (χ0) is 34.6. The molecule has 11 nitrogen and oxygen atoms in total. The van der Waals surface area contributed by atoms with Crippen molar-refractivity contribution in [2.24, 2.45) is 21.1 Å². The van der Waals surface area contributed by atoms with Crippen molar-refractivity contribution >= 4 is 49.1 Å². The summed E-state index contributed by atoms with van der Waals surface area (Å²) in [7, 11) is 3.12. The number of nitrogens with zero attached hydrogens (tertiary/aromatic N) is 5. The largest absolute Gasteiger partial charge is 0.493 e. The lowest BCUT2D eigenvalue weighted by atomic mass is 9.98. The van der Waals surface area contributed by atoms with Gasteiger partial charge in [0, 0.05) is 61.8 Å². The Balaban J connectivity index is 1.40. The molecule has 0 unspecified atom stereocenters. The predicted molar refractivity (Wildman–Crippen MR) is 189 cm³/mol. The predicted octanol–water partition coefficient (Wildman–Crippen LogP) is 5.80. The third kappa shape index (κ3) is 5.77. The summed E-state index contributed by atoms with van der Waals surface area (Å²) in [4.78, 5) is 13.5. The van der Waals surface area contributed by atoms with Crippen molar-refractivity contribution < 1.29 is 22.7 Å². The number of methoxy groups -OCH3 is 1. The zero-order valence-electron chi connectivity index (χ0n) is 28.0. The number of nitrogens with one attached hydrogen (secondary N) is 1. The van der Waals surface area contributed by atoms with Crippen LogP contribution in [0.3, 0.4) is 0 Å². The van der Waals surface area contributed by atoms with Gasteiger partial charge in [-0.25, -0.2) is 13.2 Å². The van der Waals surface area contributed by atoms with Crippen LogP contribution in [0.2, 0.25) is 5.02 Å². The third-order valence-corrected chi connectivity index (χ3v) is 11.3. The van der Waals surface area contributed by atoms with E-state index in [0.29, 0.717) is 53.8 Å². The normalized spacial score (nSPS) is 15.1. The summed E-state index contributed by atoms with van der Waals surface area (Å²) in [6.45, 7) is 3.06. The molecular weight excluding hydrogens is 664 g/mol. The average molecular weight is 701 g/mol. The number of carbonyl (C=O) groups excluding carboxylic acids is 1. The highest BCUT2D eigenvalue weighted by atomic mass is 35.5. The van der Waals surface area contributed by atoms with E-state index in [0.717, 1.165) is 49.8 Å². The minimum atomic E-state index is -3.76. The Labute approximate surface area is 289 Å². The van der Waals surface area contributed by atoms with Gasteiger partial charge in [0.15, 0.2) is 9.84 Å². The van der Waals surface area contributed by atoms with E-state index in [1.165, 1.54) is 7.11 Å². The van der Waals surface area contributed by atoms with Gasteiger partial charge in [-0.2, -0.15) is 10.2 Å².